The van der Waals surface area contributed by atoms with E-state index in [4.69, 9.17) is 14.6 Å². The molecule has 104 valence electrons. The Morgan fingerprint density at radius 3 is 3.00 bits per heavy atom. The number of carboxylic acids is 1. The number of rotatable bonds is 5. The highest BCUT2D eigenvalue weighted by Crippen LogP contribution is 2.19. The van der Waals surface area contributed by atoms with Crippen LogP contribution in [0.2, 0.25) is 0 Å². The van der Waals surface area contributed by atoms with Gasteiger partial charge in [-0.15, -0.1) is 0 Å². The summed E-state index contributed by atoms with van der Waals surface area (Å²) in [5.41, 5.74) is 0. The minimum absolute atomic E-state index is 0.00568. The fourth-order valence-corrected chi connectivity index (χ4v) is 1.85. The van der Waals surface area contributed by atoms with Crippen LogP contribution in [0.4, 0.5) is 5.82 Å². The molecule has 2 unspecified atom stereocenters. The first-order chi connectivity index (χ1) is 9.06. The van der Waals surface area contributed by atoms with Gasteiger partial charge in [0.25, 0.3) is 0 Å². The van der Waals surface area contributed by atoms with E-state index in [0.717, 1.165) is 0 Å². The van der Waals surface area contributed by atoms with Crippen LogP contribution < -0.4 is 10.1 Å². The highest BCUT2D eigenvalue weighted by molar-refractivity contribution is 5.72. The number of hydrogen-bond donors (Lipinski definition) is 2. The zero-order chi connectivity index (χ0) is 13.8. The van der Waals surface area contributed by atoms with Crippen LogP contribution in [0.15, 0.2) is 12.4 Å². The Morgan fingerprint density at radius 1 is 1.53 bits per heavy atom. The van der Waals surface area contributed by atoms with Gasteiger partial charge in [0.2, 0.25) is 5.88 Å². The zero-order valence-electron chi connectivity index (χ0n) is 10.9. The molecule has 19 heavy (non-hydrogen) atoms. The van der Waals surface area contributed by atoms with E-state index in [1.165, 1.54) is 12.4 Å². The lowest BCUT2D eigenvalue weighted by molar-refractivity contribution is -0.141. The van der Waals surface area contributed by atoms with Crippen molar-refractivity contribution < 1.29 is 19.4 Å². The van der Waals surface area contributed by atoms with Crippen molar-refractivity contribution in [1.29, 1.82) is 0 Å². The van der Waals surface area contributed by atoms with Gasteiger partial charge >= 0.3 is 5.97 Å². The van der Waals surface area contributed by atoms with Gasteiger partial charge in [-0.05, 0) is 13.8 Å². The van der Waals surface area contributed by atoms with Crippen LogP contribution in [0, 0.1) is 5.92 Å². The predicted molar refractivity (Wildman–Crippen MR) is 67.2 cm³/mol. The van der Waals surface area contributed by atoms with Gasteiger partial charge in [0.05, 0.1) is 37.8 Å². The quantitative estimate of drug-likeness (QED) is 0.814. The van der Waals surface area contributed by atoms with Crippen LogP contribution in [0.3, 0.4) is 0 Å². The maximum absolute atomic E-state index is 11.0. The molecule has 0 bridgehead atoms. The number of carbonyl (C=O) groups is 1. The minimum atomic E-state index is -0.877. The molecule has 2 N–H and O–H groups in total. The minimum Gasteiger partial charge on any atom is -0.481 e. The Bertz CT molecular complexity index is 452. The molecular weight excluding hydrogens is 250 g/mol. The van der Waals surface area contributed by atoms with E-state index in [1.54, 1.807) is 0 Å². The predicted octanol–water partition coefficient (Wildman–Crippen LogP) is 0.775. The monoisotopic (exact) mass is 267 g/mol. The lowest BCUT2D eigenvalue weighted by atomic mass is 10.0. The van der Waals surface area contributed by atoms with Crippen LogP contribution in [0.25, 0.3) is 0 Å². The van der Waals surface area contributed by atoms with Crippen molar-refractivity contribution in [2.24, 2.45) is 5.92 Å². The lowest BCUT2D eigenvalue weighted by Crippen LogP contribution is -2.33. The molecule has 0 aliphatic carbocycles. The van der Waals surface area contributed by atoms with Crippen LogP contribution in [0.1, 0.15) is 13.8 Å². The van der Waals surface area contributed by atoms with Crippen LogP contribution in [-0.2, 0) is 9.53 Å². The Labute approximate surface area is 111 Å². The Morgan fingerprint density at radius 2 is 2.32 bits per heavy atom. The average Bonchev–Trinajstić information content (AvgIpc) is 2.76. The second kappa shape index (κ2) is 5.83. The van der Waals surface area contributed by atoms with Gasteiger partial charge in [-0.3, -0.25) is 9.78 Å². The molecule has 0 aromatic carbocycles. The molecule has 0 radical (unpaired) electrons. The number of hydrogen-bond acceptors (Lipinski definition) is 6. The van der Waals surface area contributed by atoms with Crippen LogP contribution in [-0.4, -0.2) is 46.4 Å². The summed E-state index contributed by atoms with van der Waals surface area (Å²) in [6.45, 7) is 4.34. The van der Waals surface area contributed by atoms with Gasteiger partial charge in [0.15, 0.2) is 0 Å². The zero-order valence-corrected chi connectivity index (χ0v) is 10.9. The summed E-state index contributed by atoms with van der Waals surface area (Å²) < 4.78 is 10.6. The molecule has 0 saturated carbocycles. The first kappa shape index (κ1) is 13.5. The average molecular weight is 267 g/mol. The van der Waals surface area contributed by atoms with E-state index < -0.39 is 11.9 Å². The van der Waals surface area contributed by atoms with E-state index in [0.29, 0.717) is 18.3 Å². The second-order valence-electron chi connectivity index (χ2n) is 4.64. The van der Waals surface area contributed by atoms with Crippen molar-refractivity contribution >= 4 is 11.8 Å². The number of carboxylic acid groups (broad SMARTS) is 1. The third kappa shape index (κ3) is 3.54. The van der Waals surface area contributed by atoms with Gasteiger partial charge in [0, 0.05) is 0 Å². The molecule has 0 amide bonds. The van der Waals surface area contributed by atoms with E-state index in [9.17, 15) is 4.79 Å². The van der Waals surface area contributed by atoms with Crippen molar-refractivity contribution in [3.63, 3.8) is 0 Å². The Kier molecular flexibility index (Phi) is 4.16. The normalized spacial score (nSPS) is 22.5. The van der Waals surface area contributed by atoms with Gasteiger partial charge in [-0.2, -0.15) is 4.98 Å². The van der Waals surface area contributed by atoms with E-state index in [-0.39, 0.29) is 18.8 Å². The van der Waals surface area contributed by atoms with Crippen LogP contribution >= 0.6 is 0 Å². The molecule has 1 fully saturated rings. The number of aromatic nitrogens is 2. The molecule has 7 nitrogen and oxygen atoms in total. The molecule has 2 atom stereocenters. The second-order valence-corrected chi connectivity index (χ2v) is 4.64. The maximum Gasteiger partial charge on any atom is 0.311 e. The van der Waals surface area contributed by atoms with Crippen molar-refractivity contribution in [2.45, 2.75) is 26.0 Å². The third-order valence-corrected chi connectivity index (χ3v) is 2.70. The highest BCUT2D eigenvalue weighted by Gasteiger charge is 2.34. The Hall–Kier alpha value is -1.89. The number of aliphatic carboxylic acids is 1. The smallest absolute Gasteiger partial charge is 0.311 e. The fraction of sp³-hybridized carbons (Fsp3) is 0.583. The standard InChI is InChI=1S/C12H17N3O4/c1-7(2)19-11-4-13-3-10(15-11)14-9-6-18-5-8(9)12(16)17/h3-4,7-9H,5-6H2,1-2H3,(H,14,15)(H,16,17). The number of anilines is 1. The lowest BCUT2D eigenvalue weighted by Gasteiger charge is -2.16. The molecule has 2 heterocycles. The first-order valence-electron chi connectivity index (χ1n) is 6.12. The SMILES string of the molecule is CC(C)Oc1cncc(NC2COCC2C(=O)O)n1. The van der Waals surface area contributed by atoms with Crippen molar-refractivity contribution in [3.8, 4) is 5.88 Å². The van der Waals surface area contributed by atoms with E-state index in [2.05, 4.69) is 15.3 Å². The molecule has 1 aliphatic rings. The van der Waals surface area contributed by atoms with Crippen molar-refractivity contribution in [2.75, 3.05) is 18.5 Å². The molecule has 1 aliphatic heterocycles. The highest BCUT2D eigenvalue weighted by atomic mass is 16.5. The summed E-state index contributed by atoms with van der Waals surface area (Å²) in [7, 11) is 0. The van der Waals surface area contributed by atoms with E-state index >= 15 is 0 Å². The molecule has 7 heteroatoms. The van der Waals surface area contributed by atoms with Gasteiger partial charge in [-0.1, -0.05) is 0 Å². The van der Waals surface area contributed by atoms with Gasteiger partial charge in [0.1, 0.15) is 11.7 Å². The summed E-state index contributed by atoms with van der Waals surface area (Å²) in [5, 5.41) is 12.1. The van der Waals surface area contributed by atoms with E-state index in [1.807, 2.05) is 13.8 Å². The molecule has 2 rings (SSSR count). The maximum atomic E-state index is 11.0. The number of ether oxygens (including phenoxy) is 2. The summed E-state index contributed by atoms with van der Waals surface area (Å²) >= 11 is 0. The number of nitrogens with one attached hydrogen (secondary N) is 1. The summed E-state index contributed by atoms with van der Waals surface area (Å²) in [6.07, 6.45) is 3.06. The van der Waals surface area contributed by atoms with Crippen LogP contribution in [0.5, 0.6) is 5.88 Å². The fourth-order valence-electron chi connectivity index (χ4n) is 1.85. The third-order valence-electron chi connectivity index (χ3n) is 2.70. The molecule has 1 aromatic heterocycles. The van der Waals surface area contributed by atoms with Crippen molar-refractivity contribution in [3.05, 3.63) is 12.4 Å². The topological polar surface area (TPSA) is 93.6 Å². The van der Waals surface area contributed by atoms with Gasteiger partial charge < -0.3 is 19.9 Å². The van der Waals surface area contributed by atoms with Crippen molar-refractivity contribution in [1.82, 2.24) is 9.97 Å². The Balaban J connectivity index is 2.04. The molecule has 1 aromatic rings. The number of nitrogens with zero attached hydrogens (tertiary/aromatic N) is 2. The largest absolute Gasteiger partial charge is 0.481 e. The molecule has 1 saturated heterocycles. The first-order valence-corrected chi connectivity index (χ1v) is 6.12. The summed E-state index contributed by atoms with van der Waals surface area (Å²) in [6, 6.07) is -0.305. The summed E-state index contributed by atoms with van der Waals surface area (Å²) in [5.74, 6) is -0.556. The summed E-state index contributed by atoms with van der Waals surface area (Å²) in [4.78, 5) is 19.3. The van der Waals surface area contributed by atoms with Gasteiger partial charge in [-0.25, -0.2) is 0 Å². The molecular formula is C12H17N3O4. The molecule has 0 spiro atoms.